The smallest absolute Gasteiger partial charge is 0.0900 e. The van der Waals surface area contributed by atoms with Gasteiger partial charge in [0, 0.05) is 10.7 Å². The maximum atomic E-state index is 8.94. The second kappa shape index (κ2) is 5.32. The van der Waals surface area contributed by atoms with Gasteiger partial charge < -0.3 is 9.84 Å². The van der Waals surface area contributed by atoms with Gasteiger partial charge in [0.25, 0.3) is 0 Å². The zero-order valence-corrected chi connectivity index (χ0v) is 8.99. The molecule has 0 aliphatic carbocycles. The Hall–Kier alpha value is -0.450. The van der Waals surface area contributed by atoms with E-state index < -0.39 is 6.10 Å². The van der Waals surface area contributed by atoms with Crippen LogP contribution < -0.4 is 0 Å². The fraction of sp³-hybridized carbons (Fsp3) is 0.444. The summed E-state index contributed by atoms with van der Waals surface area (Å²) in [5.41, 5.74) is 0.850. The third kappa shape index (κ3) is 3.85. The van der Waals surface area contributed by atoms with Crippen molar-refractivity contribution in [1.82, 2.24) is 4.98 Å². The fourth-order valence-electron chi connectivity index (χ4n) is 0.851. The Morgan fingerprint density at radius 2 is 2.46 bits per heavy atom. The average Bonchev–Trinajstić information content (AvgIpc) is 2.08. The lowest BCUT2D eigenvalue weighted by atomic mass is 10.4. The summed E-state index contributed by atoms with van der Waals surface area (Å²) in [6.45, 7) is 2.45. The van der Waals surface area contributed by atoms with Crippen LogP contribution in [0, 0.1) is 0 Å². The Balaban J connectivity index is 2.41. The van der Waals surface area contributed by atoms with Gasteiger partial charge in [-0.2, -0.15) is 0 Å². The Morgan fingerprint density at radius 3 is 3.08 bits per heavy atom. The fourth-order valence-corrected chi connectivity index (χ4v) is 1.22. The summed E-state index contributed by atoms with van der Waals surface area (Å²) in [4.78, 5) is 4.12. The van der Waals surface area contributed by atoms with Crippen LogP contribution in [0.3, 0.4) is 0 Å². The SMILES string of the molecule is C[C@@H](O)COCc1ncccc1Br. The number of nitrogens with zero attached hydrogens (tertiary/aromatic N) is 1. The van der Waals surface area contributed by atoms with E-state index in [9.17, 15) is 0 Å². The Morgan fingerprint density at radius 1 is 1.69 bits per heavy atom. The first-order valence-electron chi connectivity index (χ1n) is 4.05. The first kappa shape index (κ1) is 10.6. The van der Waals surface area contributed by atoms with Crippen molar-refractivity contribution in [2.45, 2.75) is 19.6 Å². The van der Waals surface area contributed by atoms with Gasteiger partial charge in [0.2, 0.25) is 0 Å². The summed E-state index contributed by atoms with van der Waals surface area (Å²) in [5, 5.41) is 8.94. The Labute approximate surface area is 85.9 Å². The molecule has 0 aliphatic heterocycles. The molecule has 0 radical (unpaired) electrons. The van der Waals surface area contributed by atoms with Gasteiger partial charge in [-0.1, -0.05) is 0 Å². The minimum absolute atomic E-state index is 0.336. The molecular formula is C9H12BrNO2. The molecule has 0 amide bonds. The second-order valence-electron chi connectivity index (χ2n) is 2.80. The molecule has 13 heavy (non-hydrogen) atoms. The summed E-state index contributed by atoms with van der Waals surface area (Å²) in [6, 6.07) is 3.76. The summed E-state index contributed by atoms with van der Waals surface area (Å²) in [5.74, 6) is 0. The normalized spacial score (nSPS) is 12.8. The molecule has 1 aromatic heterocycles. The van der Waals surface area contributed by atoms with E-state index in [1.54, 1.807) is 13.1 Å². The van der Waals surface area contributed by atoms with Crippen molar-refractivity contribution in [3.8, 4) is 0 Å². The van der Waals surface area contributed by atoms with Crippen LogP contribution in [0.4, 0.5) is 0 Å². The van der Waals surface area contributed by atoms with Crippen LogP contribution in [0.25, 0.3) is 0 Å². The lowest BCUT2D eigenvalue weighted by Crippen LogP contribution is -2.10. The van der Waals surface area contributed by atoms with E-state index in [-0.39, 0.29) is 0 Å². The van der Waals surface area contributed by atoms with Crippen LogP contribution in [0.1, 0.15) is 12.6 Å². The number of hydrogen-bond donors (Lipinski definition) is 1. The third-order valence-electron chi connectivity index (χ3n) is 1.43. The molecule has 0 bridgehead atoms. The van der Waals surface area contributed by atoms with E-state index in [2.05, 4.69) is 20.9 Å². The molecule has 0 aromatic carbocycles. The van der Waals surface area contributed by atoms with Crippen molar-refractivity contribution in [1.29, 1.82) is 0 Å². The number of aliphatic hydroxyl groups excluding tert-OH is 1. The van der Waals surface area contributed by atoms with E-state index in [1.165, 1.54) is 0 Å². The largest absolute Gasteiger partial charge is 0.391 e. The lowest BCUT2D eigenvalue weighted by molar-refractivity contribution is 0.0360. The van der Waals surface area contributed by atoms with Gasteiger partial charge >= 0.3 is 0 Å². The molecule has 0 spiro atoms. The van der Waals surface area contributed by atoms with E-state index in [4.69, 9.17) is 9.84 Å². The van der Waals surface area contributed by atoms with Gasteiger partial charge in [-0.15, -0.1) is 0 Å². The topological polar surface area (TPSA) is 42.4 Å². The molecule has 72 valence electrons. The summed E-state index contributed by atoms with van der Waals surface area (Å²) >= 11 is 3.36. The van der Waals surface area contributed by atoms with Crippen LogP contribution in [-0.2, 0) is 11.3 Å². The number of aromatic nitrogens is 1. The molecule has 1 aromatic rings. The van der Waals surface area contributed by atoms with E-state index in [0.29, 0.717) is 13.2 Å². The first-order valence-corrected chi connectivity index (χ1v) is 4.84. The van der Waals surface area contributed by atoms with Crippen LogP contribution in [0.2, 0.25) is 0 Å². The zero-order chi connectivity index (χ0) is 9.68. The van der Waals surface area contributed by atoms with Crippen LogP contribution in [0.5, 0.6) is 0 Å². The number of halogens is 1. The highest BCUT2D eigenvalue weighted by Gasteiger charge is 2.01. The standard InChI is InChI=1S/C9H12BrNO2/c1-7(12)5-13-6-9-8(10)3-2-4-11-9/h2-4,7,12H,5-6H2,1H3/t7-/m1/s1. The summed E-state index contributed by atoms with van der Waals surface area (Å²) in [7, 11) is 0. The van der Waals surface area contributed by atoms with E-state index >= 15 is 0 Å². The van der Waals surface area contributed by atoms with Crippen molar-refractivity contribution in [2.75, 3.05) is 6.61 Å². The molecule has 3 nitrogen and oxygen atoms in total. The number of rotatable bonds is 4. The molecule has 1 heterocycles. The van der Waals surface area contributed by atoms with Crippen LogP contribution in [-0.4, -0.2) is 22.8 Å². The lowest BCUT2D eigenvalue weighted by Gasteiger charge is -2.06. The van der Waals surface area contributed by atoms with Crippen LogP contribution >= 0.6 is 15.9 Å². The number of hydrogen-bond acceptors (Lipinski definition) is 3. The van der Waals surface area contributed by atoms with Crippen molar-refractivity contribution in [2.24, 2.45) is 0 Å². The highest BCUT2D eigenvalue weighted by Crippen LogP contribution is 2.13. The molecule has 4 heteroatoms. The Kier molecular flexibility index (Phi) is 4.35. The predicted octanol–water partition coefficient (Wildman–Crippen LogP) is 1.74. The van der Waals surface area contributed by atoms with Gasteiger partial charge in [0.05, 0.1) is 25.0 Å². The van der Waals surface area contributed by atoms with Crippen LogP contribution in [0.15, 0.2) is 22.8 Å². The van der Waals surface area contributed by atoms with Gasteiger partial charge in [0.15, 0.2) is 0 Å². The van der Waals surface area contributed by atoms with Crippen molar-refractivity contribution >= 4 is 15.9 Å². The first-order chi connectivity index (χ1) is 6.20. The second-order valence-corrected chi connectivity index (χ2v) is 3.65. The maximum Gasteiger partial charge on any atom is 0.0900 e. The molecule has 0 aliphatic rings. The van der Waals surface area contributed by atoms with E-state index in [1.807, 2.05) is 12.1 Å². The average molecular weight is 246 g/mol. The molecule has 1 rings (SSSR count). The maximum absolute atomic E-state index is 8.94. The van der Waals surface area contributed by atoms with Gasteiger partial charge in [-0.3, -0.25) is 4.98 Å². The van der Waals surface area contributed by atoms with Gasteiger partial charge in [-0.05, 0) is 35.0 Å². The summed E-state index contributed by atoms with van der Waals surface area (Å²) in [6.07, 6.45) is 1.29. The predicted molar refractivity (Wildman–Crippen MR) is 53.3 cm³/mol. The minimum atomic E-state index is -0.428. The van der Waals surface area contributed by atoms with Crippen molar-refractivity contribution in [3.63, 3.8) is 0 Å². The molecule has 0 fully saturated rings. The zero-order valence-electron chi connectivity index (χ0n) is 7.40. The summed E-state index contributed by atoms with van der Waals surface area (Å²) < 4.78 is 6.15. The van der Waals surface area contributed by atoms with E-state index in [0.717, 1.165) is 10.2 Å². The van der Waals surface area contributed by atoms with Gasteiger partial charge in [-0.25, -0.2) is 0 Å². The highest BCUT2D eigenvalue weighted by atomic mass is 79.9. The Bertz CT molecular complexity index is 266. The third-order valence-corrected chi connectivity index (χ3v) is 2.15. The number of pyridine rings is 1. The van der Waals surface area contributed by atoms with Crippen molar-refractivity contribution < 1.29 is 9.84 Å². The molecular weight excluding hydrogens is 234 g/mol. The molecule has 0 saturated carbocycles. The number of ether oxygens (including phenoxy) is 1. The quantitative estimate of drug-likeness (QED) is 0.879. The molecule has 0 unspecified atom stereocenters. The molecule has 1 N–H and O–H groups in total. The number of aliphatic hydroxyl groups is 1. The minimum Gasteiger partial charge on any atom is -0.391 e. The molecule has 1 atom stereocenters. The van der Waals surface area contributed by atoms with Crippen molar-refractivity contribution in [3.05, 3.63) is 28.5 Å². The van der Waals surface area contributed by atoms with Gasteiger partial charge in [0.1, 0.15) is 0 Å². The monoisotopic (exact) mass is 245 g/mol. The highest BCUT2D eigenvalue weighted by molar-refractivity contribution is 9.10. The molecule has 0 saturated heterocycles.